The number of Topliss-reactive ketones (excluding diaryl/α,β-unsaturated/α-hetero) is 1. The molecule has 4 saturated carbocycles. The van der Waals surface area contributed by atoms with Crippen molar-refractivity contribution >= 4 is 40.7 Å². The molecule has 1 aromatic heterocycles. The summed E-state index contributed by atoms with van der Waals surface area (Å²) in [6.07, 6.45) is 7.27. The van der Waals surface area contributed by atoms with Gasteiger partial charge in [0.1, 0.15) is 0 Å². The van der Waals surface area contributed by atoms with Crippen molar-refractivity contribution < 1.29 is 19.1 Å². The molecule has 2 N–H and O–H groups in total. The number of halogens is 1. The van der Waals surface area contributed by atoms with E-state index in [1.54, 1.807) is 12.1 Å². The number of rotatable bonds is 7. The molecule has 2 amide bonds. The van der Waals surface area contributed by atoms with Crippen molar-refractivity contribution in [3.8, 4) is 0 Å². The van der Waals surface area contributed by atoms with Gasteiger partial charge in [-0.15, -0.1) is 11.3 Å². The Bertz CT molecular complexity index is 743. The number of nitrogens with one attached hydrogen (secondary N) is 2. The molecule has 0 aromatic carbocycles. The highest BCUT2D eigenvalue weighted by Gasteiger charge is 2.51. The first-order valence-corrected chi connectivity index (χ1v) is 11.1. The lowest BCUT2D eigenvalue weighted by Crippen LogP contribution is -2.61. The zero-order chi connectivity index (χ0) is 19.7. The number of ketones is 1. The van der Waals surface area contributed by atoms with E-state index in [1.165, 1.54) is 19.3 Å². The quantitative estimate of drug-likeness (QED) is 0.515. The molecule has 28 heavy (non-hydrogen) atoms. The van der Waals surface area contributed by atoms with E-state index in [2.05, 4.69) is 10.6 Å². The van der Waals surface area contributed by atoms with Gasteiger partial charge in [0.15, 0.2) is 6.61 Å². The van der Waals surface area contributed by atoms with E-state index < -0.39 is 5.97 Å². The predicted molar refractivity (Wildman–Crippen MR) is 107 cm³/mol. The molecule has 1 aromatic rings. The average molecular weight is 425 g/mol. The van der Waals surface area contributed by atoms with Gasteiger partial charge in [-0.05, 0) is 68.4 Å². The Balaban J connectivity index is 1.15. The number of hydrogen-bond donors (Lipinski definition) is 2. The molecule has 6 nitrogen and oxygen atoms in total. The van der Waals surface area contributed by atoms with Crippen molar-refractivity contribution in [1.82, 2.24) is 10.6 Å². The summed E-state index contributed by atoms with van der Waals surface area (Å²) in [4.78, 5) is 36.5. The Labute approximate surface area is 173 Å². The van der Waals surface area contributed by atoms with Gasteiger partial charge < -0.3 is 15.4 Å². The maximum atomic E-state index is 12.3. The number of amides is 2. The molecule has 5 rings (SSSR count). The molecular formula is C20H25ClN2O4S. The van der Waals surface area contributed by atoms with Crippen LogP contribution >= 0.6 is 22.9 Å². The molecule has 4 aliphatic carbocycles. The van der Waals surface area contributed by atoms with Crippen molar-refractivity contribution in [3.63, 3.8) is 0 Å². The summed E-state index contributed by atoms with van der Waals surface area (Å²) in [6, 6.07) is 3.03. The zero-order valence-electron chi connectivity index (χ0n) is 15.7. The van der Waals surface area contributed by atoms with Gasteiger partial charge in [0, 0.05) is 12.1 Å². The molecule has 0 atom stereocenters. The lowest BCUT2D eigenvalue weighted by molar-refractivity contribution is -0.142. The van der Waals surface area contributed by atoms with Crippen LogP contribution < -0.4 is 10.6 Å². The summed E-state index contributed by atoms with van der Waals surface area (Å²) >= 11 is 6.94. The van der Waals surface area contributed by atoms with E-state index in [4.69, 9.17) is 16.3 Å². The van der Waals surface area contributed by atoms with Gasteiger partial charge in [0.25, 0.3) is 0 Å². The van der Waals surface area contributed by atoms with Crippen LogP contribution in [0.3, 0.4) is 0 Å². The van der Waals surface area contributed by atoms with Crippen molar-refractivity contribution in [2.24, 2.45) is 17.8 Å². The maximum Gasteiger partial charge on any atom is 0.315 e. The Morgan fingerprint density at radius 2 is 1.75 bits per heavy atom. The highest BCUT2D eigenvalue weighted by atomic mass is 35.5. The van der Waals surface area contributed by atoms with E-state index >= 15 is 0 Å². The van der Waals surface area contributed by atoms with Crippen molar-refractivity contribution in [2.45, 2.75) is 50.5 Å². The number of ether oxygens (including phenoxy) is 1. The van der Waals surface area contributed by atoms with Crippen LogP contribution in [0.15, 0.2) is 12.1 Å². The molecule has 4 fully saturated rings. The van der Waals surface area contributed by atoms with E-state index in [-0.39, 0.29) is 36.9 Å². The fourth-order valence-electron chi connectivity index (χ4n) is 5.58. The molecule has 0 saturated heterocycles. The second kappa shape index (κ2) is 8.03. The van der Waals surface area contributed by atoms with E-state index in [0.717, 1.165) is 48.4 Å². The Hall–Kier alpha value is -1.60. The van der Waals surface area contributed by atoms with Crippen LogP contribution in [-0.4, -0.2) is 36.5 Å². The van der Waals surface area contributed by atoms with Crippen molar-refractivity contribution in [2.75, 3.05) is 13.2 Å². The molecule has 152 valence electrons. The van der Waals surface area contributed by atoms with Crippen molar-refractivity contribution in [1.29, 1.82) is 0 Å². The molecule has 0 radical (unpaired) electrons. The minimum Gasteiger partial charge on any atom is -0.457 e. The van der Waals surface area contributed by atoms with Gasteiger partial charge in [0.2, 0.25) is 5.78 Å². The van der Waals surface area contributed by atoms with Gasteiger partial charge in [-0.3, -0.25) is 9.59 Å². The summed E-state index contributed by atoms with van der Waals surface area (Å²) in [5.41, 5.74) is -0.0479. The molecule has 8 heteroatoms. The minimum absolute atomic E-state index is 0.0345. The van der Waals surface area contributed by atoms with Crippen LogP contribution in [0.1, 0.15) is 54.6 Å². The maximum absolute atomic E-state index is 12.3. The largest absolute Gasteiger partial charge is 0.457 e. The number of carbonyl (C=O) groups is 3. The SMILES string of the molecule is O=C(NCCC(=O)OCC(=O)c1ccc(Cl)s1)NC12CC3CC(CC(C3)C1)C2. The molecule has 0 spiro atoms. The number of urea groups is 1. The number of carbonyl (C=O) groups excluding carboxylic acids is 3. The second-order valence-corrected chi connectivity index (χ2v) is 10.2. The van der Waals surface area contributed by atoms with Gasteiger partial charge >= 0.3 is 12.0 Å². The number of esters is 1. The Morgan fingerprint density at radius 1 is 1.11 bits per heavy atom. The topological polar surface area (TPSA) is 84.5 Å². The minimum atomic E-state index is -0.508. The van der Waals surface area contributed by atoms with Gasteiger partial charge in [-0.1, -0.05) is 11.6 Å². The first-order valence-electron chi connectivity index (χ1n) is 9.91. The third-order valence-corrected chi connectivity index (χ3v) is 7.52. The Morgan fingerprint density at radius 3 is 2.32 bits per heavy atom. The van der Waals surface area contributed by atoms with Crippen LogP contribution in [0.4, 0.5) is 4.79 Å². The second-order valence-electron chi connectivity index (χ2n) is 8.52. The normalized spacial score (nSPS) is 30.1. The van der Waals surface area contributed by atoms with Crippen LogP contribution in [0.2, 0.25) is 4.34 Å². The molecule has 1 heterocycles. The van der Waals surface area contributed by atoms with E-state index in [9.17, 15) is 14.4 Å². The first kappa shape index (κ1) is 19.7. The lowest BCUT2D eigenvalue weighted by Gasteiger charge is -2.56. The van der Waals surface area contributed by atoms with E-state index in [1.807, 2.05) is 0 Å². The van der Waals surface area contributed by atoms with Crippen LogP contribution in [0.5, 0.6) is 0 Å². The average Bonchev–Trinajstić information content (AvgIpc) is 3.04. The third kappa shape index (κ3) is 4.51. The summed E-state index contributed by atoms with van der Waals surface area (Å²) < 4.78 is 5.50. The fourth-order valence-corrected chi connectivity index (χ4v) is 6.55. The van der Waals surface area contributed by atoms with Crippen LogP contribution in [0, 0.1) is 17.8 Å². The summed E-state index contributed by atoms with van der Waals surface area (Å²) in [5.74, 6) is 1.50. The highest BCUT2D eigenvalue weighted by Crippen LogP contribution is 2.55. The molecular weight excluding hydrogens is 400 g/mol. The van der Waals surface area contributed by atoms with Crippen LogP contribution in [-0.2, 0) is 9.53 Å². The van der Waals surface area contributed by atoms with Crippen LogP contribution in [0.25, 0.3) is 0 Å². The molecule has 4 bridgehead atoms. The molecule has 0 aliphatic heterocycles. The Kier molecular flexibility index (Phi) is 5.65. The zero-order valence-corrected chi connectivity index (χ0v) is 17.2. The molecule has 0 unspecified atom stereocenters. The number of hydrogen-bond acceptors (Lipinski definition) is 5. The smallest absolute Gasteiger partial charge is 0.315 e. The lowest BCUT2D eigenvalue weighted by atomic mass is 9.53. The van der Waals surface area contributed by atoms with Gasteiger partial charge in [-0.2, -0.15) is 0 Å². The molecule has 4 aliphatic rings. The van der Waals surface area contributed by atoms with Gasteiger partial charge in [-0.25, -0.2) is 4.79 Å². The number of thiophene rings is 1. The standard InChI is InChI=1S/C20H25ClN2O4S/c21-17-2-1-16(28-17)15(24)11-27-18(25)3-4-22-19(26)23-20-8-12-5-13(9-20)7-14(6-12)10-20/h1-2,12-14H,3-11H2,(H2,22,23,26). The summed E-state index contributed by atoms with van der Waals surface area (Å²) in [5, 5.41) is 5.96. The summed E-state index contributed by atoms with van der Waals surface area (Å²) in [7, 11) is 0. The van der Waals surface area contributed by atoms with Crippen molar-refractivity contribution in [3.05, 3.63) is 21.3 Å². The monoisotopic (exact) mass is 424 g/mol. The third-order valence-electron chi connectivity index (χ3n) is 6.24. The summed E-state index contributed by atoms with van der Waals surface area (Å²) in [6.45, 7) is -0.120. The van der Waals surface area contributed by atoms with E-state index in [0.29, 0.717) is 9.21 Å². The van der Waals surface area contributed by atoms with Gasteiger partial charge in [0.05, 0.1) is 15.6 Å². The first-order chi connectivity index (χ1) is 13.4. The highest BCUT2D eigenvalue weighted by molar-refractivity contribution is 7.18. The fraction of sp³-hybridized carbons (Fsp3) is 0.650. The predicted octanol–water partition coefficient (Wildman–Crippen LogP) is 3.79.